The van der Waals surface area contributed by atoms with Crippen LogP contribution in [-0.2, 0) is 6.42 Å². The molecular formula is C19H31N. The van der Waals surface area contributed by atoms with E-state index in [2.05, 4.69) is 50.4 Å². The molecule has 1 aromatic carbocycles. The largest absolute Gasteiger partial charge is 0.310 e. The Kier molecular flexibility index (Phi) is 6.09. The maximum absolute atomic E-state index is 3.75. The van der Waals surface area contributed by atoms with Gasteiger partial charge >= 0.3 is 0 Å². The molecule has 1 nitrogen and oxygen atoms in total. The van der Waals surface area contributed by atoms with Crippen molar-refractivity contribution in [2.45, 2.75) is 65.3 Å². The summed E-state index contributed by atoms with van der Waals surface area (Å²) in [6, 6.07) is 9.85. The summed E-state index contributed by atoms with van der Waals surface area (Å²) < 4.78 is 0. The standard InChI is InChI=1S/C19H31N/c1-4-8-16-9-7-10-17(14-16)19(20-6-3)18-12-11-15(5-2)13-18/h7,9-10,14-15,18-20H,4-6,8,11-13H2,1-3H3. The number of hydrogen-bond acceptors (Lipinski definition) is 1. The van der Waals surface area contributed by atoms with Gasteiger partial charge in [0.05, 0.1) is 0 Å². The molecule has 1 aromatic rings. The van der Waals surface area contributed by atoms with Gasteiger partial charge in [-0.1, -0.05) is 64.3 Å². The maximum Gasteiger partial charge on any atom is 0.0348 e. The van der Waals surface area contributed by atoms with Gasteiger partial charge in [0, 0.05) is 6.04 Å². The molecule has 0 aliphatic heterocycles. The van der Waals surface area contributed by atoms with Crippen LogP contribution in [0.1, 0.15) is 70.0 Å². The van der Waals surface area contributed by atoms with Gasteiger partial charge in [-0.05, 0) is 48.8 Å². The van der Waals surface area contributed by atoms with E-state index in [1.165, 1.54) is 49.7 Å². The van der Waals surface area contributed by atoms with Crippen molar-refractivity contribution < 1.29 is 0 Å². The molecule has 0 saturated heterocycles. The molecule has 1 aliphatic rings. The molecule has 3 unspecified atom stereocenters. The lowest BCUT2D eigenvalue weighted by Crippen LogP contribution is -2.27. The van der Waals surface area contributed by atoms with E-state index < -0.39 is 0 Å². The Morgan fingerprint density at radius 3 is 2.70 bits per heavy atom. The Labute approximate surface area is 125 Å². The van der Waals surface area contributed by atoms with Crippen LogP contribution in [0, 0.1) is 11.8 Å². The van der Waals surface area contributed by atoms with Crippen molar-refractivity contribution in [1.29, 1.82) is 0 Å². The highest BCUT2D eigenvalue weighted by molar-refractivity contribution is 5.27. The van der Waals surface area contributed by atoms with Crippen molar-refractivity contribution in [1.82, 2.24) is 5.32 Å². The Bertz CT molecular complexity index is 399. The molecule has 1 heteroatoms. The van der Waals surface area contributed by atoms with Gasteiger partial charge in [0.1, 0.15) is 0 Å². The first kappa shape index (κ1) is 15.6. The van der Waals surface area contributed by atoms with E-state index in [0.717, 1.165) is 18.4 Å². The van der Waals surface area contributed by atoms with E-state index in [0.29, 0.717) is 6.04 Å². The van der Waals surface area contributed by atoms with Crippen molar-refractivity contribution in [2.24, 2.45) is 11.8 Å². The summed E-state index contributed by atoms with van der Waals surface area (Å²) in [6.45, 7) is 7.90. The summed E-state index contributed by atoms with van der Waals surface area (Å²) in [6.07, 6.45) is 8.02. The van der Waals surface area contributed by atoms with Gasteiger partial charge in [-0.3, -0.25) is 0 Å². The molecule has 0 spiro atoms. The molecule has 0 bridgehead atoms. The number of rotatable bonds is 7. The van der Waals surface area contributed by atoms with Gasteiger partial charge < -0.3 is 5.32 Å². The van der Waals surface area contributed by atoms with Crippen LogP contribution in [0.3, 0.4) is 0 Å². The van der Waals surface area contributed by atoms with Crippen LogP contribution in [0.15, 0.2) is 24.3 Å². The predicted molar refractivity (Wildman–Crippen MR) is 88.0 cm³/mol. The topological polar surface area (TPSA) is 12.0 Å². The molecule has 0 radical (unpaired) electrons. The van der Waals surface area contributed by atoms with Crippen LogP contribution < -0.4 is 5.32 Å². The molecule has 0 amide bonds. The molecule has 1 fully saturated rings. The molecular weight excluding hydrogens is 242 g/mol. The third-order valence-corrected chi connectivity index (χ3v) is 4.90. The summed E-state index contributed by atoms with van der Waals surface area (Å²) in [5, 5.41) is 3.75. The van der Waals surface area contributed by atoms with E-state index >= 15 is 0 Å². The Morgan fingerprint density at radius 1 is 1.20 bits per heavy atom. The van der Waals surface area contributed by atoms with Crippen LogP contribution in [0.4, 0.5) is 0 Å². The van der Waals surface area contributed by atoms with Gasteiger partial charge in [0.2, 0.25) is 0 Å². The minimum atomic E-state index is 0.563. The Balaban J connectivity index is 2.13. The van der Waals surface area contributed by atoms with Crippen molar-refractivity contribution in [3.63, 3.8) is 0 Å². The lowest BCUT2D eigenvalue weighted by atomic mass is 9.89. The van der Waals surface area contributed by atoms with Crippen molar-refractivity contribution >= 4 is 0 Å². The lowest BCUT2D eigenvalue weighted by Gasteiger charge is -2.25. The van der Waals surface area contributed by atoms with Crippen LogP contribution in [0.25, 0.3) is 0 Å². The van der Waals surface area contributed by atoms with E-state index in [1.807, 2.05) is 0 Å². The van der Waals surface area contributed by atoms with E-state index in [1.54, 1.807) is 0 Å². The van der Waals surface area contributed by atoms with Gasteiger partial charge in [-0.25, -0.2) is 0 Å². The zero-order valence-corrected chi connectivity index (χ0v) is 13.5. The molecule has 1 aliphatic carbocycles. The van der Waals surface area contributed by atoms with Crippen LogP contribution in [-0.4, -0.2) is 6.54 Å². The van der Waals surface area contributed by atoms with Crippen LogP contribution in [0.2, 0.25) is 0 Å². The van der Waals surface area contributed by atoms with Gasteiger partial charge in [-0.15, -0.1) is 0 Å². The fraction of sp³-hybridized carbons (Fsp3) is 0.684. The highest BCUT2D eigenvalue weighted by Crippen LogP contribution is 2.40. The van der Waals surface area contributed by atoms with Gasteiger partial charge in [-0.2, -0.15) is 0 Å². The van der Waals surface area contributed by atoms with E-state index in [9.17, 15) is 0 Å². The zero-order valence-electron chi connectivity index (χ0n) is 13.5. The number of benzene rings is 1. The Morgan fingerprint density at radius 2 is 2.05 bits per heavy atom. The molecule has 0 aromatic heterocycles. The van der Waals surface area contributed by atoms with E-state index in [-0.39, 0.29) is 0 Å². The summed E-state index contributed by atoms with van der Waals surface area (Å²) in [5.74, 6) is 1.79. The molecule has 1 N–H and O–H groups in total. The zero-order chi connectivity index (χ0) is 14.4. The van der Waals surface area contributed by atoms with Crippen molar-refractivity contribution in [2.75, 3.05) is 6.54 Å². The van der Waals surface area contributed by atoms with E-state index in [4.69, 9.17) is 0 Å². The fourth-order valence-corrected chi connectivity index (χ4v) is 3.79. The molecule has 112 valence electrons. The lowest BCUT2D eigenvalue weighted by molar-refractivity contribution is 0.359. The summed E-state index contributed by atoms with van der Waals surface area (Å²) in [5.41, 5.74) is 3.01. The number of hydrogen-bond donors (Lipinski definition) is 1. The second-order valence-electron chi connectivity index (χ2n) is 6.38. The molecule has 2 rings (SSSR count). The van der Waals surface area contributed by atoms with Gasteiger partial charge in [0.15, 0.2) is 0 Å². The fourth-order valence-electron chi connectivity index (χ4n) is 3.79. The smallest absolute Gasteiger partial charge is 0.0348 e. The highest BCUT2D eigenvalue weighted by atomic mass is 14.9. The van der Waals surface area contributed by atoms with Crippen LogP contribution >= 0.6 is 0 Å². The summed E-state index contributed by atoms with van der Waals surface area (Å²) in [7, 11) is 0. The second kappa shape index (κ2) is 7.83. The Hall–Kier alpha value is -0.820. The average Bonchev–Trinajstić information content (AvgIpc) is 2.94. The third kappa shape index (κ3) is 3.85. The first-order valence-electron chi connectivity index (χ1n) is 8.60. The van der Waals surface area contributed by atoms with Crippen molar-refractivity contribution in [3.8, 4) is 0 Å². The SMILES string of the molecule is CCCc1cccc(C(NCC)C2CCC(CC)C2)c1. The monoisotopic (exact) mass is 273 g/mol. The highest BCUT2D eigenvalue weighted by Gasteiger charge is 2.30. The number of aryl methyl sites for hydroxylation is 1. The minimum absolute atomic E-state index is 0.563. The number of nitrogens with one attached hydrogen (secondary N) is 1. The predicted octanol–water partition coefficient (Wildman–Crippen LogP) is 5.12. The second-order valence-corrected chi connectivity index (χ2v) is 6.38. The van der Waals surface area contributed by atoms with Crippen molar-refractivity contribution in [3.05, 3.63) is 35.4 Å². The van der Waals surface area contributed by atoms with Gasteiger partial charge in [0.25, 0.3) is 0 Å². The summed E-state index contributed by atoms with van der Waals surface area (Å²) in [4.78, 5) is 0. The molecule has 20 heavy (non-hydrogen) atoms. The van der Waals surface area contributed by atoms with Crippen LogP contribution in [0.5, 0.6) is 0 Å². The molecule has 3 atom stereocenters. The minimum Gasteiger partial charge on any atom is -0.310 e. The quantitative estimate of drug-likeness (QED) is 0.727. The first-order chi connectivity index (χ1) is 9.78. The normalized spacial score (nSPS) is 23.9. The first-order valence-corrected chi connectivity index (χ1v) is 8.60. The average molecular weight is 273 g/mol. The maximum atomic E-state index is 3.75. The third-order valence-electron chi connectivity index (χ3n) is 4.90. The summed E-state index contributed by atoms with van der Waals surface area (Å²) >= 11 is 0. The molecule has 1 saturated carbocycles. The molecule has 0 heterocycles.